The Bertz CT molecular complexity index is 743. The van der Waals surface area contributed by atoms with E-state index in [0.29, 0.717) is 24.9 Å². The molecule has 4 unspecified atom stereocenters. The SMILES string of the molecule is CCOP(=O)(CCCCCCCCCCC(N)CC)OP(C)(=O)OP(=O)(CCCCCCCCCCC(N)CC)OCC. The normalized spacial score (nSPS) is 17.7. The van der Waals surface area contributed by atoms with Crippen LogP contribution in [0.15, 0.2) is 0 Å². The molecule has 0 aromatic carbocycles. The van der Waals surface area contributed by atoms with Crippen molar-refractivity contribution in [1.29, 1.82) is 0 Å². The van der Waals surface area contributed by atoms with E-state index in [1.807, 2.05) is 0 Å². The summed E-state index contributed by atoms with van der Waals surface area (Å²) in [7, 11) is -11.3. The highest BCUT2D eigenvalue weighted by molar-refractivity contribution is 7.72. The monoisotopic (exact) mass is 674 g/mol. The molecule has 4 atom stereocenters. The molecule has 0 aliphatic heterocycles. The third kappa shape index (κ3) is 25.2. The van der Waals surface area contributed by atoms with E-state index >= 15 is 0 Å². The predicted octanol–water partition coefficient (Wildman–Crippen LogP) is 10.8. The Morgan fingerprint density at radius 3 is 1.05 bits per heavy atom. The van der Waals surface area contributed by atoms with Crippen LogP contribution in [0.1, 0.15) is 156 Å². The van der Waals surface area contributed by atoms with Crippen LogP contribution in [0.3, 0.4) is 0 Å². The van der Waals surface area contributed by atoms with Crippen LogP contribution in [0.4, 0.5) is 0 Å². The fraction of sp³-hybridized carbons (Fsp3) is 1.00. The van der Waals surface area contributed by atoms with Gasteiger partial charge < -0.3 is 20.5 Å². The van der Waals surface area contributed by atoms with Gasteiger partial charge in [0.15, 0.2) is 0 Å². The number of unbranched alkanes of at least 4 members (excludes halogenated alkanes) is 14. The molecule has 0 fully saturated rings. The summed E-state index contributed by atoms with van der Waals surface area (Å²) < 4.78 is 62.0. The summed E-state index contributed by atoms with van der Waals surface area (Å²) >= 11 is 0. The summed E-state index contributed by atoms with van der Waals surface area (Å²) in [4.78, 5) is 0. The van der Waals surface area contributed by atoms with Gasteiger partial charge in [-0.25, -0.2) is 8.62 Å². The van der Waals surface area contributed by atoms with Crippen molar-refractivity contribution >= 4 is 22.8 Å². The summed E-state index contributed by atoms with van der Waals surface area (Å²) in [5.74, 6) is 0. The number of hydrogen-bond donors (Lipinski definition) is 2. The van der Waals surface area contributed by atoms with Crippen molar-refractivity contribution in [3.63, 3.8) is 0 Å². The van der Waals surface area contributed by atoms with Gasteiger partial charge in [0.25, 0.3) is 0 Å². The zero-order valence-electron chi connectivity index (χ0n) is 28.5. The van der Waals surface area contributed by atoms with Crippen LogP contribution in [-0.2, 0) is 31.4 Å². The molecule has 0 saturated heterocycles. The van der Waals surface area contributed by atoms with Crippen molar-refractivity contribution in [1.82, 2.24) is 0 Å². The van der Waals surface area contributed by atoms with E-state index < -0.39 is 22.8 Å². The Morgan fingerprint density at radius 1 is 0.488 bits per heavy atom. The molecule has 0 saturated carbocycles. The zero-order valence-corrected chi connectivity index (χ0v) is 31.2. The second kappa shape index (κ2) is 26.5. The third-order valence-corrected chi connectivity index (χ3v) is 15.2. The van der Waals surface area contributed by atoms with Gasteiger partial charge in [-0.2, -0.15) is 0 Å². The molecule has 0 bridgehead atoms. The van der Waals surface area contributed by atoms with Crippen LogP contribution in [-0.4, -0.2) is 44.3 Å². The van der Waals surface area contributed by atoms with Gasteiger partial charge in [-0.1, -0.05) is 104 Å². The lowest BCUT2D eigenvalue weighted by molar-refractivity contribution is 0.248. The second-order valence-corrected chi connectivity index (χ2v) is 18.7. The van der Waals surface area contributed by atoms with E-state index in [-0.39, 0.29) is 25.5 Å². The van der Waals surface area contributed by atoms with E-state index in [2.05, 4.69) is 13.8 Å². The first-order valence-corrected chi connectivity index (χ1v) is 22.9. The maximum atomic E-state index is 13.4. The molecule has 260 valence electrons. The summed E-state index contributed by atoms with van der Waals surface area (Å²) in [5.41, 5.74) is 11.9. The molecule has 0 aromatic heterocycles. The molecule has 0 aliphatic carbocycles. The fourth-order valence-corrected chi connectivity index (χ4v) is 12.4. The van der Waals surface area contributed by atoms with Crippen molar-refractivity contribution < 1.29 is 31.4 Å². The average molecular weight is 675 g/mol. The van der Waals surface area contributed by atoms with Gasteiger partial charge in [0.2, 0.25) is 0 Å². The molecule has 0 aromatic rings. The molecular weight excluding hydrogens is 605 g/mol. The van der Waals surface area contributed by atoms with E-state index in [4.69, 9.17) is 29.1 Å². The van der Waals surface area contributed by atoms with E-state index in [9.17, 15) is 13.7 Å². The van der Waals surface area contributed by atoms with E-state index in [0.717, 1.165) is 64.2 Å². The van der Waals surface area contributed by atoms with Gasteiger partial charge in [0, 0.05) is 18.7 Å². The first-order chi connectivity index (χ1) is 20.4. The number of rotatable bonds is 32. The lowest BCUT2D eigenvalue weighted by atomic mass is 10.0. The Hall–Kier alpha value is 0.450. The first-order valence-electron chi connectivity index (χ1n) is 17.4. The molecule has 12 heteroatoms. The molecule has 0 radical (unpaired) electrons. The maximum Gasteiger partial charge on any atom is 0.341 e. The Kier molecular flexibility index (Phi) is 26.8. The Balaban J connectivity index is 4.46. The van der Waals surface area contributed by atoms with Gasteiger partial charge in [0.05, 0.1) is 25.5 Å². The van der Waals surface area contributed by atoms with Crippen LogP contribution in [0, 0.1) is 0 Å². The minimum Gasteiger partial charge on any atom is -0.328 e. The van der Waals surface area contributed by atoms with Crippen molar-refractivity contribution in [3.05, 3.63) is 0 Å². The van der Waals surface area contributed by atoms with E-state index in [1.54, 1.807) is 13.8 Å². The Morgan fingerprint density at radius 2 is 0.767 bits per heavy atom. The van der Waals surface area contributed by atoms with Gasteiger partial charge in [-0.15, -0.1) is 0 Å². The molecule has 9 nitrogen and oxygen atoms in total. The van der Waals surface area contributed by atoms with Crippen molar-refractivity contribution in [3.8, 4) is 0 Å². The second-order valence-electron chi connectivity index (χ2n) is 12.0. The van der Waals surface area contributed by atoms with Crippen LogP contribution in [0.25, 0.3) is 0 Å². The average Bonchev–Trinajstić information content (AvgIpc) is 2.94. The standard InChI is InChI=1S/C31H69N2O7P3/c1-6-30(32)26-22-18-14-10-12-16-20-24-28-42(35,37-8-3)39-41(5,34)40-43(36,38-9-4)29-25-21-17-13-11-15-19-23-27-31(33)7-2/h30-31H,6-29,32-33H2,1-5H3. The van der Waals surface area contributed by atoms with Gasteiger partial charge in [0.1, 0.15) is 0 Å². The van der Waals surface area contributed by atoms with Gasteiger partial charge in [-0.05, 0) is 52.4 Å². The first kappa shape index (κ1) is 43.5. The molecule has 4 N–H and O–H groups in total. The van der Waals surface area contributed by atoms with Crippen LogP contribution < -0.4 is 11.5 Å². The van der Waals surface area contributed by atoms with Gasteiger partial charge in [-0.3, -0.25) is 13.7 Å². The lowest BCUT2D eigenvalue weighted by Gasteiger charge is -2.25. The van der Waals surface area contributed by atoms with Gasteiger partial charge >= 0.3 is 22.8 Å². The molecule has 0 rings (SSSR count). The number of hydrogen-bond acceptors (Lipinski definition) is 9. The van der Waals surface area contributed by atoms with Crippen molar-refractivity contribution in [2.75, 3.05) is 32.2 Å². The highest BCUT2D eigenvalue weighted by Crippen LogP contribution is 2.70. The zero-order chi connectivity index (χ0) is 32.5. The predicted molar refractivity (Wildman–Crippen MR) is 184 cm³/mol. The summed E-state index contributed by atoms with van der Waals surface area (Å²) in [5, 5.41) is 0. The summed E-state index contributed by atoms with van der Waals surface area (Å²) in [6.07, 6.45) is 21.6. The quantitative estimate of drug-likeness (QED) is 0.0526. The minimum absolute atomic E-state index is 0.154. The highest BCUT2D eigenvalue weighted by atomic mass is 31.3. The minimum atomic E-state index is -3.96. The molecule has 0 heterocycles. The molecule has 0 amide bonds. The highest BCUT2D eigenvalue weighted by Gasteiger charge is 2.39. The van der Waals surface area contributed by atoms with Crippen molar-refractivity contribution in [2.24, 2.45) is 11.5 Å². The topological polar surface area (TPSA) is 140 Å². The molecular formula is C31H69N2O7P3. The van der Waals surface area contributed by atoms with Crippen LogP contribution in [0.5, 0.6) is 0 Å². The lowest BCUT2D eigenvalue weighted by Crippen LogP contribution is -2.17. The molecule has 0 spiro atoms. The smallest absolute Gasteiger partial charge is 0.328 e. The Labute approximate surface area is 265 Å². The van der Waals surface area contributed by atoms with Crippen LogP contribution >= 0.6 is 22.8 Å². The maximum absolute atomic E-state index is 13.4. The molecule has 43 heavy (non-hydrogen) atoms. The summed E-state index contributed by atoms with van der Waals surface area (Å²) in [6, 6.07) is 0.656. The third-order valence-electron chi connectivity index (χ3n) is 7.76. The van der Waals surface area contributed by atoms with E-state index in [1.165, 1.54) is 58.0 Å². The van der Waals surface area contributed by atoms with Crippen molar-refractivity contribution in [2.45, 2.75) is 168 Å². The van der Waals surface area contributed by atoms with Crippen LogP contribution in [0.2, 0.25) is 0 Å². The molecule has 0 aliphatic rings. The summed E-state index contributed by atoms with van der Waals surface area (Å²) in [6.45, 7) is 9.23. The largest absolute Gasteiger partial charge is 0.341 e. The fourth-order valence-electron chi connectivity index (χ4n) is 5.07. The number of nitrogens with two attached hydrogens (primary N) is 2.